The van der Waals surface area contributed by atoms with Crippen molar-refractivity contribution >= 4 is 11.8 Å². The summed E-state index contributed by atoms with van der Waals surface area (Å²) in [6.45, 7) is 5.09. The van der Waals surface area contributed by atoms with E-state index in [0.29, 0.717) is 0 Å². The van der Waals surface area contributed by atoms with Crippen LogP contribution in [-0.2, 0) is 0 Å². The van der Waals surface area contributed by atoms with E-state index in [9.17, 15) is 0 Å². The minimum Gasteiger partial charge on any atom is -0.312 e. The Bertz CT molecular complexity index is 448. The van der Waals surface area contributed by atoms with Gasteiger partial charge in [-0.1, -0.05) is 18.2 Å². The van der Waals surface area contributed by atoms with Crippen LogP contribution in [0.4, 0.5) is 0 Å². The SMILES string of the molecule is c1ccc2c(c1)SCC2CN1CC2CCCNC2C1. The summed E-state index contributed by atoms with van der Waals surface area (Å²) in [4.78, 5) is 4.23. The molecule has 102 valence electrons. The topological polar surface area (TPSA) is 15.3 Å². The molecule has 3 aliphatic heterocycles. The van der Waals surface area contributed by atoms with Crippen molar-refractivity contribution in [3.63, 3.8) is 0 Å². The molecule has 0 saturated carbocycles. The van der Waals surface area contributed by atoms with Gasteiger partial charge in [0.05, 0.1) is 0 Å². The van der Waals surface area contributed by atoms with Crippen LogP contribution < -0.4 is 5.32 Å². The van der Waals surface area contributed by atoms with Crippen LogP contribution in [0.15, 0.2) is 29.2 Å². The third-order valence-corrected chi connectivity index (χ3v) is 6.20. The molecule has 3 heteroatoms. The first kappa shape index (κ1) is 12.2. The molecule has 0 spiro atoms. The third kappa shape index (κ3) is 2.32. The van der Waals surface area contributed by atoms with Gasteiger partial charge in [0.2, 0.25) is 0 Å². The van der Waals surface area contributed by atoms with Crippen molar-refractivity contribution in [2.24, 2.45) is 5.92 Å². The minimum absolute atomic E-state index is 0.751. The van der Waals surface area contributed by atoms with Crippen LogP contribution in [-0.4, -0.2) is 42.9 Å². The molecule has 3 atom stereocenters. The van der Waals surface area contributed by atoms with E-state index in [1.165, 1.54) is 49.7 Å². The first-order valence-electron chi connectivity index (χ1n) is 7.57. The van der Waals surface area contributed by atoms with E-state index in [1.54, 1.807) is 5.56 Å². The van der Waals surface area contributed by atoms with Gasteiger partial charge in [0.25, 0.3) is 0 Å². The van der Waals surface area contributed by atoms with E-state index < -0.39 is 0 Å². The summed E-state index contributed by atoms with van der Waals surface area (Å²) >= 11 is 2.04. The molecule has 0 aromatic heterocycles. The lowest BCUT2D eigenvalue weighted by Gasteiger charge is -2.24. The maximum atomic E-state index is 3.71. The van der Waals surface area contributed by atoms with Gasteiger partial charge in [-0.15, -0.1) is 11.8 Å². The smallest absolute Gasteiger partial charge is 0.0235 e. The van der Waals surface area contributed by atoms with Crippen LogP contribution in [0, 0.1) is 5.92 Å². The average molecular weight is 274 g/mol. The molecule has 1 aromatic carbocycles. The number of thioether (sulfide) groups is 1. The molecule has 2 fully saturated rings. The Hall–Kier alpha value is -0.510. The third-order valence-electron chi connectivity index (χ3n) is 4.95. The molecule has 3 heterocycles. The standard InChI is InChI=1S/C16H22N2S/c1-2-6-16-14(5-1)13(11-19-16)9-18-8-12-4-3-7-17-15(12)10-18/h1-2,5-6,12-13,15,17H,3-4,7-11H2. The largest absolute Gasteiger partial charge is 0.312 e. The van der Waals surface area contributed by atoms with E-state index in [1.807, 2.05) is 11.8 Å². The Morgan fingerprint density at radius 2 is 2.21 bits per heavy atom. The number of likely N-dealkylation sites (tertiary alicyclic amines) is 1. The summed E-state index contributed by atoms with van der Waals surface area (Å²) < 4.78 is 0. The van der Waals surface area contributed by atoms with Crippen molar-refractivity contribution in [2.75, 3.05) is 31.9 Å². The zero-order valence-electron chi connectivity index (χ0n) is 11.3. The molecule has 2 nitrogen and oxygen atoms in total. The normalized spacial score (nSPS) is 34.2. The number of benzene rings is 1. The van der Waals surface area contributed by atoms with Crippen molar-refractivity contribution in [3.05, 3.63) is 29.8 Å². The van der Waals surface area contributed by atoms with Crippen LogP contribution in [0.2, 0.25) is 0 Å². The Morgan fingerprint density at radius 3 is 3.16 bits per heavy atom. The molecule has 0 radical (unpaired) electrons. The monoisotopic (exact) mass is 274 g/mol. The quantitative estimate of drug-likeness (QED) is 0.892. The van der Waals surface area contributed by atoms with E-state index in [2.05, 4.69) is 34.5 Å². The predicted octanol–water partition coefficient (Wildman–Crippen LogP) is 2.56. The van der Waals surface area contributed by atoms with Gasteiger partial charge >= 0.3 is 0 Å². The number of nitrogens with one attached hydrogen (secondary N) is 1. The van der Waals surface area contributed by atoms with Crippen LogP contribution in [0.3, 0.4) is 0 Å². The Balaban J connectivity index is 1.43. The van der Waals surface area contributed by atoms with Gasteiger partial charge in [0, 0.05) is 42.2 Å². The minimum atomic E-state index is 0.751. The maximum absolute atomic E-state index is 3.71. The summed E-state index contributed by atoms with van der Waals surface area (Å²) in [6, 6.07) is 9.76. The number of nitrogens with zero attached hydrogens (tertiary/aromatic N) is 1. The highest BCUT2D eigenvalue weighted by Crippen LogP contribution is 2.40. The number of fused-ring (bicyclic) bond motifs is 2. The Labute approximate surface area is 119 Å². The van der Waals surface area contributed by atoms with Gasteiger partial charge in [-0.3, -0.25) is 0 Å². The Kier molecular flexibility index (Phi) is 3.30. The first-order chi connectivity index (χ1) is 9.40. The fourth-order valence-corrected chi connectivity index (χ4v) is 5.22. The predicted molar refractivity (Wildman–Crippen MR) is 80.9 cm³/mol. The molecular formula is C16H22N2S. The summed E-state index contributed by atoms with van der Waals surface area (Å²) in [5.41, 5.74) is 1.59. The zero-order valence-corrected chi connectivity index (χ0v) is 12.2. The van der Waals surface area contributed by atoms with Crippen molar-refractivity contribution in [1.29, 1.82) is 0 Å². The molecule has 0 bridgehead atoms. The molecule has 19 heavy (non-hydrogen) atoms. The lowest BCUT2D eigenvalue weighted by molar-refractivity contribution is 0.306. The molecule has 3 unspecified atom stereocenters. The molecule has 3 aliphatic rings. The van der Waals surface area contributed by atoms with E-state index >= 15 is 0 Å². The van der Waals surface area contributed by atoms with E-state index in [-0.39, 0.29) is 0 Å². The summed E-state index contributed by atoms with van der Waals surface area (Å²) in [6.07, 6.45) is 2.81. The summed E-state index contributed by atoms with van der Waals surface area (Å²) in [5.74, 6) is 2.94. The molecule has 0 amide bonds. The van der Waals surface area contributed by atoms with Gasteiger partial charge in [0.1, 0.15) is 0 Å². The van der Waals surface area contributed by atoms with Crippen LogP contribution >= 0.6 is 11.8 Å². The Morgan fingerprint density at radius 1 is 1.26 bits per heavy atom. The van der Waals surface area contributed by atoms with E-state index in [0.717, 1.165) is 17.9 Å². The molecule has 1 aromatic rings. The first-order valence-corrected chi connectivity index (χ1v) is 8.56. The fourth-order valence-electron chi connectivity index (χ4n) is 3.98. The van der Waals surface area contributed by atoms with Crippen LogP contribution in [0.25, 0.3) is 0 Å². The molecule has 0 aliphatic carbocycles. The summed E-state index contributed by atoms with van der Waals surface area (Å²) in [5, 5.41) is 3.71. The van der Waals surface area contributed by atoms with Crippen molar-refractivity contribution in [1.82, 2.24) is 10.2 Å². The van der Waals surface area contributed by atoms with Crippen molar-refractivity contribution in [2.45, 2.75) is 29.7 Å². The van der Waals surface area contributed by atoms with E-state index in [4.69, 9.17) is 0 Å². The molecular weight excluding hydrogens is 252 g/mol. The lowest BCUT2D eigenvalue weighted by Crippen LogP contribution is -2.40. The highest BCUT2D eigenvalue weighted by Gasteiger charge is 2.36. The highest BCUT2D eigenvalue weighted by atomic mass is 32.2. The maximum Gasteiger partial charge on any atom is 0.0235 e. The van der Waals surface area contributed by atoms with Gasteiger partial charge in [0.15, 0.2) is 0 Å². The molecule has 2 saturated heterocycles. The van der Waals surface area contributed by atoms with Gasteiger partial charge in [-0.2, -0.15) is 0 Å². The van der Waals surface area contributed by atoms with Crippen molar-refractivity contribution < 1.29 is 0 Å². The van der Waals surface area contributed by atoms with Gasteiger partial charge in [-0.05, 0) is 36.9 Å². The van der Waals surface area contributed by atoms with Crippen molar-refractivity contribution in [3.8, 4) is 0 Å². The number of hydrogen-bond acceptors (Lipinski definition) is 3. The van der Waals surface area contributed by atoms with Crippen LogP contribution in [0.1, 0.15) is 24.3 Å². The van der Waals surface area contributed by atoms with Crippen LogP contribution in [0.5, 0.6) is 0 Å². The molecule has 4 rings (SSSR count). The second-order valence-electron chi connectivity index (χ2n) is 6.23. The number of hydrogen-bond donors (Lipinski definition) is 1. The second-order valence-corrected chi connectivity index (χ2v) is 7.29. The lowest BCUT2D eigenvalue weighted by atomic mass is 9.94. The molecule has 1 N–H and O–H groups in total. The number of piperidine rings is 1. The second kappa shape index (κ2) is 5.12. The average Bonchev–Trinajstić information content (AvgIpc) is 3.03. The zero-order chi connectivity index (χ0) is 12.7. The fraction of sp³-hybridized carbons (Fsp3) is 0.625. The summed E-state index contributed by atoms with van der Waals surface area (Å²) in [7, 11) is 0. The highest BCUT2D eigenvalue weighted by molar-refractivity contribution is 7.99. The van der Waals surface area contributed by atoms with Gasteiger partial charge in [-0.25, -0.2) is 0 Å². The van der Waals surface area contributed by atoms with Gasteiger partial charge < -0.3 is 10.2 Å². The number of rotatable bonds is 2.